The predicted molar refractivity (Wildman–Crippen MR) is 123 cm³/mol. The first-order chi connectivity index (χ1) is 15.3. The average molecular weight is 435 g/mol. The zero-order chi connectivity index (χ0) is 21.0. The molecule has 1 N–H and O–H groups in total. The van der Waals surface area contributed by atoms with Crippen LogP contribution in [-0.2, 0) is 4.74 Å². The van der Waals surface area contributed by atoms with Crippen molar-refractivity contribution in [1.82, 2.24) is 29.7 Å². The van der Waals surface area contributed by atoms with E-state index >= 15 is 0 Å². The molecule has 0 amide bonds. The van der Waals surface area contributed by atoms with Crippen molar-refractivity contribution < 1.29 is 4.74 Å². The van der Waals surface area contributed by atoms with E-state index in [1.807, 2.05) is 42.7 Å². The van der Waals surface area contributed by atoms with Crippen LogP contribution in [0.25, 0.3) is 5.82 Å². The van der Waals surface area contributed by atoms with Crippen molar-refractivity contribution in [3.63, 3.8) is 0 Å². The van der Waals surface area contributed by atoms with Gasteiger partial charge in [0.1, 0.15) is 5.82 Å². The molecule has 0 bridgehead atoms. The van der Waals surface area contributed by atoms with E-state index in [4.69, 9.17) is 17.0 Å². The molecule has 0 aliphatic carbocycles. The Labute approximate surface area is 187 Å². The van der Waals surface area contributed by atoms with Gasteiger partial charge in [-0.3, -0.25) is 9.88 Å². The number of pyridine rings is 2. The zero-order valence-corrected chi connectivity index (χ0v) is 18.1. The number of rotatable bonds is 6. The molecule has 7 nitrogen and oxygen atoms in total. The first-order valence-corrected chi connectivity index (χ1v) is 11.1. The summed E-state index contributed by atoms with van der Waals surface area (Å²) >= 11 is 5.81. The van der Waals surface area contributed by atoms with Crippen molar-refractivity contribution in [2.24, 2.45) is 0 Å². The Hall–Kier alpha value is -2.81. The van der Waals surface area contributed by atoms with Gasteiger partial charge in [-0.25, -0.2) is 4.98 Å². The molecular formula is C23H26N6OS. The SMILES string of the molecule is S=C1N[C@H](c2ccccn2)[C@H](c2cccn2-c2ccccn2)N1CCN1CCOCC1. The van der Waals surface area contributed by atoms with Crippen LogP contribution in [0.5, 0.6) is 0 Å². The summed E-state index contributed by atoms with van der Waals surface area (Å²) in [6.45, 7) is 5.31. The molecule has 2 aliphatic heterocycles. The molecule has 2 fully saturated rings. The Morgan fingerprint density at radius 2 is 1.77 bits per heavy atom. The summed E-state index contributed by atoms with van der Waals surface area (Å²) < 4.78 is 7.65. The van der Waals surface area contributed by atoms with Gasteiger partial charge in [0.05, 0.1) is 31.0 Å². The first-order valence-electron chi connectivity index (χ1n) is 10.7. The van der Waals surface area contributed by atoms with Crippen molar-refractivity contribution >= 4 is 17.3 Å². The predicted octanol–water partition coefficient (Wildman–Crippen LogP) is 2.57. The molecule has 2 saturated heterocycles. The van der Waals surface area contributed by atoms with E-state index in [0.29, 0.717) is 0 Å². The quantitative estimate of drug-likeness (QED) is 0.599. The summed E-state index contributed by atoms with van der Waals surface area (Å²) in [4.78, 5) is 14.0. The number of thiocarbonyl (C=S) groups is 1. The summed E-state index contributed by atoms with van der Waals surface area (Å²) in [5, 5.41) is 4.31. The van der Waals surface area contributed by atoms with Gasteiger partial charge in [0.2, 0.25) is 0 Å². The molecule has 5 heterocycles. The molecule has 0 spiro atoms. The molecule has 160 valence electrons. The number of nitrogens with zero attached hydrogens (tertiary/aromatic N) is 5. The second kappa shape index (κ2) is 9.13. The number of nitrogens with one attached hydrogen (secondary N) is 1. The zero-order valence-electron chi connectivity index (χ0n) is 17.3. The van der Waals surface area contributed by atoms with Crippen LogP contribution >= 0.6 is 12.2 Å². The van der Waals surface area contributed by atoms with Gasteiger partial charge in [-0.1, -0.05) is 12.1 Å². The highest BCUT2D eigenvalue weighted by Crippen LogP contribution is 2.39. The van der Waals surface area contributed by atoms with Crippen LogP contribution in [0.1, 0.15) is 23.5 Å². The summed E-state index contributed by atoms with van der Waals surface area (Å²) in [7, 11) is 0. The second-order valence-electron chi connectivity index (χ2n) is 7.77. The topological polar surface area (TPSA) is 58.5 Å². The fourth-order valence-corrected chi connectivity index (χ4v) is 4.71. The van der Waals surface area contributed by atoms with E-state index in [9.17, 15) is 0 Å². The van der Waals surface area contributed by atoms with E-state index in [1.54, 1.807) is 0 Å². The standard InChI is InChI=1S/C23H26N6OS/c31-23-26-21(18-6-1-3-9-24-18)22(29(23)13-12-27-14-16-30-17-15-27)19-7-5-11-28(19)20-8-2-4-10-25-20/h1-11,21-22H,12-17H2,(H,26,31)/t21-,22+/m1/s1. The number of ether oxygens (including phenoxy) is 1. The molecule has 0 unspecified atom stereocenters. The lowest BCUT2D eigenvalue weighted by Crippen LogP contribution is -2.42. The van der Waals surface area contributed by atoms with Crippen molar-refractivity contribution in [3.8, 4) is 5.82 Å². The van der Waals surface area contributed by atoms with Crippen LogP contribution in [-0.4, -0.2) is 68.8 Å². The smallest absolute Gasteiger partial charge is 0.170 e. The van der Waals surface area contributed by atoms with Gasteiger partial charge in [-0.05, 0) is 48.6 Å². The summed E-state index contributed by atoms with van der Waals surface area (Å²) in [5.41, 5.74) is 2.13. The third-order valence-corrected chi connectivity index (χ3v) is 6.29. The molecular weight excluding hydrogens is 408 g/mol. The summed E-state index contributed by atoms with van der Waals surface area (Å²) in [5.74, 6) is 0.896. The number of morpholine rings is 1. The van der Waals surface area contributed by atoms with Crippen molar-refractivity contribution in [2.45, 2.75) is 12.1 Å². The van der Waals surface area contributed by atoms with E-state index in [2.05, 4.69) is 54.0 Å². The van der Waals surface area contributed by atoms with Crippen molar-refractivity contribution in [2.75, 3.05) is 39.4 Å². The van der Waals surface area contributed by atoms with Gasteiger partial charge < -0.3 is 19.5 Å². The summed E-state index contributed by atoms with van der Waals surface area (Å²) in [6, 6.07) is 16.2. The molecule has 31 heavy (non-hydrogen) atoms. The van der Waals surface area contributed by atoms with Crippen LogP contribution in [0.2, 0.25) is 0 Å². The number of hydrogen-bond donors (Lipinski definition) is 1. The minimum absolute atomic E-state index is 0.0143. The van der Waals surface area contributed by atoms with E-state index in [1.165, 1.54) is 0 Å². The molecule has 3 aromatic heterocycles. The van der Waals surface area contributed by atoms with Crippen LogP contribution in [0, 0.1) is 0 Å². The number of hydrogen-bond acceptors (Lipinski definition) is 5. The lowest BCUT2D eigenvalue weighted by Gasteiger charge is -2.32. The Morgan fingerprint density at radius 3 is 2.52 bits per heavy atom. The Kier molecular flexibility index (Phi) is 5.93. The molecule has 8 heteroatoms. The van der Waals surface area contributed by atoms with Crippen LogP contribution < -0.4 is 5.32 Å². The molecule has 0 radical (unpaired) electrons. The maximum Gasteiger partial charge on any atom is 0.170 e. The van der Waals surface area contributed by atoms with Gasteiger partial charge in [-0.2, -0.15) is 0 Å². The molecule has 0 aromatic carbocycles. The Morgan fingerprint density at radius 1 is 0.968 bits per heavy atom. The van der Waals surface area contributed by atoms with Crippen molar-refractivity contribution in [1.29, 1.82) is 0 Å². The molecule has 5 rings (SSSR count). The maximum absolute atomic E-state index is 5.81. The van der Waals surface area contributed by atoms with E-state index in [-0.39, 0.29) is 12.1 Å². The highest BCUT2D eigenvalue weighted by molar-refractivity contribution is 7.80. The van der Waals surface area contributed by atoms with Crippen molar-refractivity contribution in [3.05, 3.63) is 78.5 Å². The highest BCUT2D eigenvalue weighted by Gasteiger charge is 2.41. The Balaban J connectivity index is 1.49. The van der Waals surface area contributed by atoms with Gasteiger partial charge in [-0.15, -0.1) is 0 Å². The molecule has 0 saturated carbocycles. The van der Waals surface area contributed by atoms with Gasteiger partial charge in [0.25, 0.3) is 0 Å². The average Bonchev–Trinajstić information content (AvgIpc) is 3.44. The van der Waals surface area contributed by atoms with E-state index in [0.717, 1.165) is 61.7 Å². The Bertz CT molecular complexity index is 1010. The first kappa shape index (κ1) is 20.1. The van der Waals surface area contributed by atoms with E-state index < -0.39 is 0 Å². The number of aromatic nitrogens is 3. The molecule has 2 atom stereocenters. The fraction of sp³-hybridized carbons (Fsp3) is 0.348. The van der Waals surface area contributed by atoms with Crippen LogP contribution in [0.4, 0.5) is 0 Å². The van der Waals surface area contributed by atoms with Gasteiger partial charge in [0, 0.05) is 50.5 Å². The molecule has 2 aliphatic rings. The normalized spacial score (nSPS) is 21.9. The largest absolute Gasteiger partial charge is 0.379 e. The van der Waals surface area contributed by atoms with Gasteiger partial charge in [0.15, 0.2) is 5.11 Å². The van der Waals surface area contributed by atoms with Crippen LogP contribution in [0.3, 0.4) is 0 Å². The van der Waals surface area contributed by atoms with Gasteiger partial charge >= 0.3 is 0 Å². The minimum atomic E-state index is -0.0317. The third kappa shape index (κ3) is 4.19. The third-order valence-electron chi connectivity index (χ3n) is 5.94. The second-order valence-corrected chi connectivity index (χ2v) is 8.15. The summed E-state index contributed by atoms with van der Waals surface area (Å²) in [6.07, 6.45) is 5.73. The highest BCUT2D eigenvalue weighted by atomic mass is 32.1. The fourth-order valence-electron chi connectivity index (χ4n) is 4.38. The van der Waals surface area contributed by atoms with Crippen LogP contribution in [0.15, 0.2) is 67.1 Å². The monoisotopic (exact) mass is 434 g/mol. The lowest BCUT2D eigenvalue weighted by atomic mass is 10.0. The lowest BCUT2D eigenvalue weighted by molar-refractivity contribution is 0.0349. The maximum atomic E-state index is 5.81. The molecule has 3 aromatic rings. The minimum Gasteiger partial charge on any atom is -0.379 e.